The van der Waals surface area contributed by atoms with Crippen molar-refractivity contribution in [2.24, 2.45) is 23.2 Å². The Morgan fingerprint density at radius 1 is 1.04 bits per heavy atom. The molecule has 140 valence electrons. The Bertz CT molecular complexity index is 503. The van der Waals surface area contributed by atoms with Gasteiger partial charge in [0.25, 0.3) is 0 Å². The SMILES string of the molecule is CC(C)N(CCCC(=O)NC1CC1)C(=O)C12CC3CC(CC(C3)C1)C2. The van der Waals surface area contributed by atoms with Crippen molar-refractivity contribution in [2.45, 2.75) is 90.1 Å². The summed E-state index contributed by atoms with van der Waals surface area (Å²) < 4.78 is 0. The average Bonchev–Trinajstić information content (AvgIpc) is 3.33. The molecule has 5 aliphatic rings. The molecule has 0 radical (unpaired) electrons. The number of nitrogens with one attached hydrogen (secondary N) is 1. The summed E-state index contributed by atoms with van der Waals surface area (Å²) in [7, 11) is 0. The minimum atomic E-state index is -0.0602. The van der Waals surface area contributed by atoms with Crippen molar-refractivity contribution in [3.63, 3.8) is 0 Å². The summed E-state index contributed by atoms with van der Waals surface area (Å²) in [6.07, 6.45) is 11.1. The van der Waals surface area contributed by atoms with Crippen LogP contribution in [0.3, 0.4) is 0 Å². The molecular weight excluding hydrogens is 312 g/mol. The van der Waals surface area contributed by atoms with E-state index in [1.807, 2.05) is 0 Å². The molecule has 4 heteroatoms. The molecule has 0 saturated heterocycles. The van der Waals surface area contributed by atoms with Gasteiger partial charge < -0.3 is 10.2 Å². The zero-order valence-electron chi connectivity index (χ0n) is 15.9. The Morgan fingerprint density at radius 3 is 2.08 bits per heavy atom. The molecular formula is C21H34N2O2. The van der Waals surface area contributed by atoms with Crippen LogP contribution in [0.15, 0.2) is 0 Å². The largest absolute Gasteiger partial charge is 0.353 e. The molecule has 0 aliphatic heterocycles. The number of hydrogen-bond acceptors (Lipinski definition) is 2. The lowest BCUT2D eigenvalue weighted by atomic mass is 9.49. The van der Waals surface area contributed by atoms with Crippen LogP contribution in [0.25, 0.3) is 0 Å². The lowest BCUT2D eigenvalue weighted by molar-refractivity contribution is -0.159. The summed E-state index contributed by atoms with van der Waals surface area (Å²) in [4.78, 5) is 27.5. The van der Waals surface area contributed by atoms with Gasteiger partial charge in [-0.25, -0.2) is 0 Å². The predicted octanol–water partition coefficient (Wildman–Crippen LogP) is 3.50. The molecule has 0 spiro atoms. The molecule has 2 amide bonds. The fraction of sp³-hybridized carbons (Fsp3) is 0.905. The fourth-order valence-corrected chi connectivity index (χ4v) is 6.21. The van der Waals surface area contributed by atoms with E-state index in [2.05, 4.69) is 24.1 Å². The highest BCUT2D eigenvalue weighted by atomic mass is 16.2. The van der Waals surface area contributed by atoms with E-state index in [1.54, 1.807) is 0 Å². The van der Waals surface area contributed by atoms with E-state index >= 15 is 0 Å². The molecule has 0 atom stereocenters. The molecule has 4 nitrogen and oxygen atoms in total. The van der Waals surface area contributed by atoms with Gasteiger partial charge in [-0.2, -0.15) is 0 Å². The summed E-state index contributed by atoms with van der Waals surface area (Å²) in [5.41, 5.74) is -0.0602. The highest BCUT2D eigenvalue weighted by molar-refractivity contribution is 5.83. The van der Waals surface area contributed by atoms with Gasteiger partial charge in [0.05, 0.1) is 5.41 Å². The first-order valence-electron chi connectivity index (χ1n) is 10.6. The first-order valence-corrected chi connectivity index (χ1v) is 10.6. The Hall–Kier alpha value is -1.06. The van der Waals surface area contributed by atoms with E-state index in [0.717, 1.165) is 62.8 Å². The molecule has 1 N–H and O–H groups in total. The highest BCUT2D eigenvalue weighted by Crippen LogP contribution is 2.60. The number of rotatable bonds is 7. The Balaban J connectivity index is 1.36. The predicted molar refractivity (Wildman–Crippen MR) is 97.9 cm³/mol. The van der Waals surface area contributed by atoms with Crippen LogP contribution in [-0.2, 0) is 9.59 Å². The summed E-state index contributed by atoms with van der Waals surface area (Å²) in [5, 5.41) is 3.05. The van der Waals surface area contributed by atoms with Crippen LogP contribution < -0.4 is 5.32 Å². The lowest BCUT2D eigenvalue weighted by Crippen LogP contribution is -2.56. The molecule has 0 unspecified atom stereocenters. The molecule has 5 fully saturated rings. The first kappa shape index (κ1) is 17.4. The van der Waals surface area contributed by atoms with Crippen LogP contribution in [0.5, 0.6) is 0 Å². The molecule has 0 heterocycles. The lowest BCUT2D eigenvalue weighted by Gasteiger charge is -2.57. The zero-order chi connectivity index (χ0) is 17.6. The summed E-state index contributed by atoms with van der Waals surface area (Å²) in [6.45, 7) is 4.99. The second-order valence-corrected chi connectivity index (χ2v) is 9.74. The van der Waals surface area contributed by atoms with E-state index in [1.165, 1.54) is 19.3 Å². The first-order chi connectivity index (χ1) is 11.9. The number of hydrogen-bond donors (Lipinski definition) is 1. The third-order valence-corrected chi connectivity index (χ3v) is 7.12. The van der Waals surface area contributed by atoms with Gasteiger partial charge in [0, 0.05) is 25.0 Å². The van der Waals surface area contributed by atoms with Gasteiger partial charge in [0.15, 0.2) is 0 Å². The molecule has 5 saturated carbocycles. The normalized spacial score (nSPS) is 35.9. The van der Waals surface area contributed by atoms with Crippen LogP contribution in [0.4, 0.5) is 0 Å². The molecule has 5 rings (SSSR count). The molecule has 0 aromatic rings. The van der Waals surface area contributed by atoms with Crippen molar-refractivity contribution in [2.75, 3.05) is 6.54 Å². The van der Waals surface area contributed by atoms with E-state index < -0.39 is 0 Å². The second kappa shape index (κ2) is 6.59. The van der Waals surface area contributed by atoms with Crippen LogP contribution in [-0.4, -0.2) is 35.3 Å². The minimum absolute atomic E-state index is 0.0602. The van der Waals surface area contributed by atoms with Crippen molar-refractivity contribution in [3.8, 4) is 0 Å². The van der Waals surface area contributed by atoms with Gasteiger partial charge in [-0.1, -0.05) is 0 Å². The van der Waals surface area contributed by atoms with Gasteiger partial charge in [-0.15, -0.1) is 0 Å². The van der Waals surface area contributed by atoms with Crippen molar-refractivity contribution >= 4 is 11.8 Å². The average molecular weight is 347 g/mol. The molecule has 0 aromatic carbocycles. The number of carbonyl (C=O) groups is 2. The highest BCUT2D eigenvalue weighted by Gasteiger charge is 2.55. The third kappa shape index (κ3) is 3.59. The molecule has 0 aromatic heterocycles. The van der Waals surface area contributed by atoms with E-state index in [9.17, 15) is 9.59 Å². The van der Waals surface area contributed by atoms with Gasteiger partial charge in [-0.3, -0.25) is 9.59 Å². The molecule has 5 aliphatic carbocycles. The number of carbonyl (C=O) groups excluding carboxylic acids is 2. The maximum Gasteiger partial charge on any atom is 0.229 e. The summed E-state index contributed by atoms with van der Waals surface area (Å²) in [6, 6.07) is 0.661. The molecule has 25 heavy (non-hydrogen) atoms. The quantitative estimate of drug-likeness (QED) is 0.767. The standard InChI is InChI=1S/C21H34N2O2/c1-14(2)23(7-3-4-19(24)22-18-5-6-18)20(25)21-11-15-8-16(12-21)10-17(9-15)13-21/h14-18H,3-13H2,1-2H3,(H,22,24). The Morgan fingerprint density at radius 2 is 1.60 bits per heavy atom. The topological polar surface area (TPSA) is 49.4 Å². The maximum atomic E-state index is 13.5. The Labute approximate surface area is 152 Å². The van der Waals surface area contributed by atoms with E-state index in [-0.39, 0.29) is 17.4 Å². The van der Waals surface area contributed by atoms with Gasteiger partial charge in [-0.05, 0) is 89.4 Å². The zero-order valence-corrected chi connectivity index (χ0v) is 15.9. The van der Waals surface area contributed by atoms with Gasteiger partial charge in [0.1, 0.15) is 0 Å². The smallest absolute Gasteiger partial charge is 0.229 e. The van der Waals surface area contributed by atoms with Gasteiger partial charge in [0.2, 0.25) is 11.8 Å². The Kier molecular flexibility index (Phi) is 4.57. The van der Waals surface area contributed by atoms with Crippen LogP contribution >= 0.6 is 0 Å². The van der Waals surface area contributed by atoms with Crippen molar-refractivity contribution in [1.29, 1.82) is 0 Å². The minimum Gasteiger partial charge on any atom is -0.353 e. The molecule has 4 bridgehead atoms. The maximum absolute atomic E-state index is 13.5. The third-order valence-electron chi connectivity index (χ3n) is 7.12. The second-order valence-electron chi connectivity index (χ2n) is 9.74. The van der Waals surface area contributed by atoms with Crippen molar-refractivity contribution in [1.82, 2.24) is 10.2 Å². The van der Waals surface area contributed by atoms with Crippen LogP contribution in [0.2, 0.25) is 0 Å². The van der Waals surface area contributed by atoms with Crippen LogP contribution in [0, 0.1) is 23.2 Å². The summed E-state index contributed by atoms with van der Waals surface area (Å²) >= 11 is 0. The van der Waals surface area contributed by atoms with Crippen molar-refractivity contribution in [3.05, 3.63) is 0 Å². The van der Waals surface area contributed by atoms with Gasteiger partial charge >= 0.3 is 0 Å². The van der Waals surface area contributed by atoms with E-state index in [0.29, 0.717) is 18.4 Å². The van der Waals surface area contributed by atoms with Crippen molar-refractivity contribution < 1.29 is 9.59 Å². The monoisotopic (exact) mass is 346 g/mol. The number of amides is 2. The summed E-state index contributed by atoms with van der Waals surface area (Å²) in [5.74, 6) is 2.97. The van der Waals surface area contributed by atoms with E-state index in [4.69, 9.17) is 0 Å². The number of nitrogens with zero attached hydrogens (tertiary/aromatic N) is 1. The fourth-order valence-electron chi connectivity index (χ4n) is 6.21. The van der Waals surface area contributed by atoms with Crippen LogP contribution in [0.1, 0.15) is 78.1 Å².